The minimum atomic E-state index is 0.0700. The van der Waals surface area contributed by atoms with E-state index in [2.05, 4.69) is 17.4 Å². The number of carbonyl (C=O) groups is 1. The lowest BCUT2D eigenvalue weighted by molar-refractivity contribution is -0.119. The molecule has 5 heteroatoms. The molecule has 0 aliphatic rings. The quantitative estimate of drug-likeness (QED) is 0.666. The van der Waals surface area contributed by atoms with Gasteiger partial charge in [0, 0.05) is 11.8 Å². The molecule has 0 aromatic heterocycles. The summed E-state index contributed by atoms with van der Waals surface area (Å²) in [7, 11) is 0. The van der Waals surface area contributed by atoms with Crippen molar-refractivity contribution in [1.29, 1.82) is 0 Å². The van der Waals surface area contributed by atoms with Crippen LogP contribution in [0.5, 0.6) is 0 Å². The second-order valence-electron chi connectivity index (χ2n) is 5.73. The standard InChI is InChI=1S/C19H21Cl2NOS/c1-14(7-8-15-5-3-2-4-6-15)22-19(23)13-24-12-16-9-10-17(20)18(21)11-16/h2-6,9-11,14H,7-8,12-13H2,1H3,(H,22,23)/t14-/m0/s1. The number of hydrogen-bond acceptors (Lipinski definition) is 2. The van der Waals surface area contributed by atoms with E-state index in [1.807, 2.05) is 37.3 Å². The summed E-state index contributed by atoms with van der Waals surface area (Å²) in [6.07, 6.45) is 1.91. The highest BCUT2D eigenvalue weighted by Gasteiger charge is 2.08. The molecule has 0 saturated carbocycles. The van der Waals surface area contributed by atoms with Crippen LogP contribution in [0.15, 0.2) is 48.5 Å². The van der Waals surface area contributed by atoms with Crippen LogP contribution in [0.4, 0.5) is 0 Å². The molecular weight excluding hydrogens is 361 g/mol. The molecule has 0 saturated heterocycles. The Bertz CT molecular complexity index is 664. The van der Waals surface area contributed by atoms with E-state index < -0.39 is 0 Å². The number of halogens is 2. The highest BCUT2D eigenvalue weighted by atomic mass is 35.5. The Labute approximate surface area is 157 Å². The fraction of sp³-hybridized carbons (Fsp3) is 0.316. The summed E-state index contributed by atoms with van der Waals surface area (Å²) in [5.41, 5.74) is 2.37. The number of aryl methyl sites for hydroxylation is 1. The van der Waals surface area contributed by atoms with Crippen molar-refractivity contribution in [2.45, 2.75) is 31.6 Å². The minimum absolute atomic E-state index is 0.0700. The first kappa shape index (κ1) is 19.2. The van der Waals surface area contributed by atoms with Gasteiger partial charge in [-0.1, -0.05) is 59.6 Å². The summed E-state index contributed by atoms with van der Waals surface area (Å²) in [5.74, 6) is 1.25. The molecule has 0 spiro atoms. The highest BCUT2D eigenvalue weighted by molar-refractivity contribution is 7.99. The van der Waals surface area contributed by atoms with Gasteiger partial charge in [-0.3, -0.25) is 4.79 Å². The molecule has 0 heterocycles. The van der Waals surface area contributed by atoms with Crippen molar-refractivity contribution in [3.63, 3.8) is 0 Å². The minimum Gasteiger partial charge on any atom is -0.353 e. The van der Waals surface area contributed by atoms with Gasteiger partial charge in [-0.25, -0.2) is 0 Å². The van der Waals surface area contributed by atoms with E-state index >= 15 is 0 Å². The molecule has 0 radical (unpaired) electrons. The molecule has 0 bridgehead atoms. The van der Waals surface area contributed by atoms with E-state index in [1.54, 1.807) is 17.8 Å². The molecule has 2 aromatic carbocycles. The first-order valence-electron chi connectivity index (χ1n) is 7.89. The second kappa shape index (κ2) is 9.97. The van der Waals surface area contributed by atoms with Gasteiger partial charge in [0.2, 0.25) is 5.91 Å². The van der Waals surface area contributed by atoms with Crippen LogP contribution in [-0.2, 0) is 17.0 Å². The molecule has 1 N–H and O–H groups in total. The summed E-state index contributed by atoms with van der Waals surface area (Å²) >= 11 is 13.5. The number of benzene rings is 2. The normalized spacial score (nSPS) is 12.0. The van der Waals surface area contributed by atoms with Crippen LogP contribution < -0.4 is 5.32 Å². The summed E-state index contributed by atoms with van der Waals surface area (Å²) < 4.78 is 0. The lowest BCUT2D eigenvalue weighted by Crippen LogP contribution is -2.34. The fourth-order valence-corrected chi connectivity index (χ4v) is 3.41. The largest absolute Gasteiger partial charge is 0.353 e. The first-order valence-corrected chi connectivity index (χ1v) is 9.80. The molecule has 2 rings (SSSR count). The van der Waals surface area contributed by atoms with Gasteiger partial charge in [0.25, 0.3) is 0 Å². The van der Waals surface area contributed by atoms with Crippen molar-refractivity contribution in [2.24, 2.45) is 0 Å². The van der Waals surface area contributed by atoms with Crippen molar-refractivity contribution < 1.29 is 4.79 Å². The van der Waals surface area contributed by atoms with Gasteiger partial charge in [0.1, 0.15) is 0 Å². The Morgan fingerprint density at radius 1 is 1.08 bits per heavy atom. The topological polar surface area (TPSA) is 29.1 Å². The molecule has 0 fully saturated rings. The smallest absolute Gasteiger partial charge is 0.230 e. The van der Waals surface area contributed by atoms with Crippen molar-refractivity contribution in [3.05, 3.63) is 69.7 Å². The average molecular weight is 382 g/mol. The molecule has 0 aliphatic heterocycles. The van der Waals surface area contributed by atoms with Gasteiger partial charge in [-0.05, 0) is 43.0 Å². The zero-order chi connectivity index (χ0) is 17.4. The maximum atomic E-state index is 12.0. The number of thioether (sulfide) groups is 1. The lowest BCUT2D eigenvalue weighted by Gasteiger charge is -2.14. The van der Waals surface area contributed by atoms with Crippen LogP contribution in [0.25, 0.3) is 0 Å². The molecule has 2 nitrogen and oxygen atoms in total. The van der Waals surface area contributed by atoms with Gasteiger partial charge < -0.3 is 5.32 Å². The zero-order valence-electron chi connectivity index (χ0n) is 13.6. The van der Waals surface area contributed by atoms with Crippen molar-refractivity contribution in [1.82, 2.24) is 5.32 Å². The average Bonchev–Trinajstić information content (AvgIpc) is 2.57. The molecule has 0 aliphatic carbocycles. The third-order valence-electron chi connectivity index (χ3n) is 3.60. The molecular formula is C19H21Cl2NOS. The third-order valence-corrected chi connectivity index (χ3v) is 5.34. The van der Waals surface area contributed by atoms with E-state index in [0.29, 0.717) is 15.8 Å². The first-order chi connectivity index (χ1) is 11.5. The Balaban J connectivity index is 1.66. The highest BCUT2D eigenvalue weighted by Crippen LogP contribution is 2.24. The third kappa shape index (κ3) is 6.76. The second-order valence-corrected chi connectivity index (χ2v) is 7.53. The van der Waals surface area contributed by atoms with Gasteiger partial charge in [0.05, 0.1) is 15.8 Å². The van der Waals surface area contributed by atoms with E-state index in [4.69, 9.17) is 23.2 Å². The zero-order valence-corrected chi connectivity index (χ0v) is 15.9. The number of hydrogen-bond donors (Lipinski definition) is 1. The summed E-state index contributed by atoms with van der Waals surface area (Å²) in [4.78, 5) is 12.0. The van der Waals surface area contributed by atoms with Crippen LogP contribution in [0.2, 0.25) is 10.0 Å². The van der Waals surface area contributed by atoms with E-state index in [0.717, 1.165) is 24.2 Å². The monoisotopic (exact) mass is 381 g/mol. The molecule has 2 aromatic rings. The maximum Gasteiger partial charge on any atom is 0.230 e. The van der Waals surface area contributed by atoms with Crippen molar-refractivity contribution in [3.8, 4) is 0 Å². The summed E-state index contributed by atoms with van der Waals surface area (Å²) in [6.45, 7) is 2.05. The molecule has 0 unspecified atom stereocenters. The Morgan fingerprint density at radius 3 is 2.54 bits per heavy atom. The van der Waals surface area contributed by atoms with Gasteiger partial charge >= 0.3 is 0 Å². The van der Waals surface area contributed by atoms with E-state index in [-0.39, 0.29) is 11.9 Å². The molecule has 1 amide bonds. The van der Waals surface area contributed by atoms with Crippen LogP contribution in [0.1, 0.15) is 24.5 Å². The SMILES string of the molecule is C[C@@H](CCc1ccccc1)NC(=O)CSCc1ccc(Cl)c(Cl)c1. The lowest BCUT2D eigenvalue weighted by atomic mass is 10.1. The van der Waals surface area contributed by atoms with E-state index in [1.165, 1.54) is 5.56 Å². The Kier molecular flexibility index (Phi) is 7.97. The van der Waals surface area contributed by atoms with Crippen LogP contribution in [0, 0.1) is 0 Å². The summed E-state index contributed by atoms with van der Waals surface area (Å²) in [5, 5.41) is 4.15. The number of amides is 1. The Hall–Kier alpha value is -1.16. The summed E-state index contributed by atoms with van der Waals surface area (Å²) in [6, 6.07) is 16.0. The van der Waals surface area contributed by atoms with Crippen LogP contribution in [-0.4, -0.2) is 17.7 Å². The Morgan fingerprint density at radius 2 is 1.83 bits per heavy atom. The molecule has 128 valence electrons. The van der Waals surface area contributed by atoms with Gasteiger partial charge in [-0.15, -0.1) is 11.8 Å². The molecule has 1 atom stereocenters. The molecule has 24 heavy (non-hydrogen) atoms. The van der Waals surface area contributed by atoms with Crippen LogP contribution >= 0.6 is 35.0 Å². The fourth-order valence-electron chi connectivity index (χ4n) is 2.31. The van der Waals surface area contributed by atoms with Crippen LogP contribution in [0.3, 0.4) is 0 Å². The number of rotatable bonds is 8. The van der Waals surface area contributed by atoms with Gasteiger partial charge in [-0.2, -0.15) is 0 Å². The van der Waals surface area contributed by atoms with Gasteiger partial charge in [0.15, 0.2) is 0 Å². The number of nitrogens with one attached hydrogen (secondary N) is 1. The predicted octanol–water partition coefficient (Wildman–Crippen LogP) is 5.36. The van der Waals surface area contributed by atoms with Crippen molar-refractivity contribution >= 4 is 40.9 Å². The predicted molar refractivity (Wildman–Crippen MR) is 105 cm³/mol. The number of carbonyl (C=O) groups excluding carboxylic acids is 1. The van der Waals surface area contributed by atoms with E-state index in [9.17, 15) is 4.79 Å². The van der Waals surface area contributed by atoms with Crippen molar-refractivity contribution in [2.75, 3.05) is 5.75 Å². The maximum absolute atomic E-state index is 12.0.